The van der Waals surface area contributed by atoms with Crippen LogP contribution in [0.3, 0.4) is 0 Å². The second-order valence-electron chi connectivity index (χ2n) is 5.04. The van der Waals surface area contributed by atoms with Crippen molar-refractivity contribution in [1.82, 2.24) is 10.2 Å². The lowest BCUT2D eigenvalue weighted by atomic mass is 10.2. The molecule has 4 nitrogen and oxygen atoms in total. The highest BCUT2D eigenvalue weighted by atomic mass is 19.1. The van der Waals surface area contributed by atoms with Gasteiger partial charge in [-0.05, 0) is 19.2 Å². The van der Waals surface area contributed by atoms with E-state index in [1.807, 2.05) is 13.1 Å². The van der Waals surface area contributed by atoms with Gasteiger partial charge < -0.3 is 15.0 Å². The normalized spacial score (nSPS) is 20.3. The molecule has 0 amide bonds. The van der Waals surface area contributed by atoms with Crippen LogP contribution in [0.5, 0.6) is 5.75 Å². The molecule has 5 heteroatoms. The van der Waals surface area contributed by atoms with Gasteiger partial charge in [0.15, 0.2) is 11.6 Å². The summed E-state index contributed by atoms with van der Waals surface area (Å²) in [5.41, 5.74) is 0.872. The summed E-state index contributed by atoms with van der Waals surface area (Å²) in [5, 5.41) is 3.39. The molecule has 1 aliphatic heterocycles. The highest BCUT2D eigenvalue weighted by Crippen LogP contribution is 2.23. The van der Waals surface area contributed by atoms with Crippen LogP contribution in [-0.2, 0) is 0 Å². The Morgan fingerprint density at radius 2 is 2.32 bits per heavy atom. The molecule has 2 rings (SSSR count). The van der Waals surface area contributed by atoms with Crippen molar-refractivity contribution < 1.29 is 9.13 Å². The molecule has 0 radical (unpaired) electrons. The Kier molecular flexibility index (Phi) is 4.61. The molecule has 1 atom stereocenters. The first-order valence-electron chi connectivity index (χ1n) is 6.57. The second-order valence-corrected chi connectivity index (χ2v) is 5.04. The zero-order chi connectivity index (χ0) is 13.8. The molecule has 0 bridgehead atoms. The van der Waals surface area contributed by atoms with Crippen molar-refractivity contribution in [2.24, 2.45) is 0 Å². The Morgan fingerprint density at radius 1 is 1.53 bits per heavy atom. The molecular weight excluding hydrogens is 245 g/mol. The Bertz CT molecular complexity index is 427. The summed E-state index contributed by atoms with van der Waals surface area (Å²) in [5.74, 6) is -0.0319. The van der Waals surface area contributed by atoms with Crippen LogP contribution in [-0.4, -0.2) is 58.3 Å². The van der Waals surface area contributed by atoms with Gasteiger partial charge in [-0.2, -0.15) is 0 Å². The summed E-state index contributed by atoms with van der Waals surface area (Å²) in [7, 11) is 5.60. The number of rotatable bonds is 4. The molecule has 0 saturated carbocycles. The van der Waals surface area contributed by atoms with E-state index in [0.717, 1.165) is 31.9 Å². The van der Waals surface area contributed by atoms with Gasteiger partial charge in [0.2, 0.25) is 0 Å². The van der Waals surface area contributed by atoms with Gasteiger partial charge in [0.05, 0.1) is 7.11 Å². The van der Waals surface area contributed by atoms with Gasteiger partial charge in [-0.1, -0.05) is 0 Å². The zero-order valence-electron chi connectivity index (χ0n) is 11.8. The van der Waals surface area contributed by atoms with Gasteiger partial charge in [0, 0.05) is 51.0 Å². The minimum absolute atomic E-state index is 0.286. The minimum atomic E-state index is -0.318. The minimum Gasteiger partial charge on any atom is -0.494 e. The molecule has 1 fully saturated rings. The lowest BCUT2D eigenvalue weighted by Crippen LogP contribution is -2.53. The lowest BCUT2D eigenvalue weighted by Gasteiger charge is -2.36. The summed E-state index contributed by atoms with van der Waals surface area (Å²) >= 11 is 0. The molecule has 0 aromatic heterocycles. The Hall–Kier alpha value is -1.33. The van der Waals surface area contributed by atoms with Gasteiger partial charge in [-0.25, -0.2) is 4.39 Å². The summed E-state index contributed by atoms with van der Waals surface area (Å²) in [4.78, 5) is 4.42. The largest absolute Gasteiger partial charge is 0.494 e. The third-order valence-electron chi connectivity index (χ3n) is 3.71. The third-order valence-corrected chi connectivity index (χ3v) is 3.71. The van der Waals surface area contributed by atoms with Gasteiger partial charge in [0.25, 0.3) is 0 Å². The van der Waals surface area contributed by atoms with Crippen molar-refractivity contribution in [3.8, 4) is 5.75 Å². The first kappa shape index (κ1) is 14.1. The highest BCUT2D eigenvalue weighted by molar-refractivity contribution is 5.49. The fourth-order valence-corrected chi connectivity index (χ4v) is 2.38. The van der Waals surface area contributed by atoms with Crippen molar-refractivity contribution in [1.29, 1.82) is 0 Å². The SMILES string of the molecule is COc1ccc(N(C)CC2CNCCN2C)cc1F. The monoisotopic (exact) mass is 267 g/mol. The number of methoxy groups -OCH3 is 1. The molecule has 1 saturated heterocycles. The average molecular weight is 267 g/mol. The molecule has 1 N–H and O–H groups in total. The number of likely N-dealkylation sites (N-methyl/N-ethyl adjacent to an activating group) is 2. The van der Waals surface area contributed by atoms with Gasteiger partial charge in [-0.15, -0.1) is 0 Å². The van der Waals surface area contributed by atoms with Crippen LogP contribution in [0.1, 0.15) is 0 Å². The quantitative estimate of drug-likeness (QED) is 0.886. The molecule has 1 aromatic carbocycles. The number of hydrogen-bond donors (Lipinski definition) is 1. The van der Waals surface area contributed by atoms with Gasteiger partial charge in [0.1, 0.15) is 0 Å². The van der Waals surface area contributed by atoms with E-state index in [1.54, 1.807) is 6.07 Å². The van der Waals surface area contributed by atoms with E-state index in [9.17, 15) is 4.39 Å². The highest BCUT2D eigenvalue weighted by Gasteiger charge is 2.20. The lowest BCUT2D eigenvalue weighted by molar-refractivity contribution is 0.204. The fourth-order valence-electron chi connectivity index (χ4n) is 2.38. The maximum Gasteiger partial charge on any atom is 0.167 e. The van der Waals surface area contributed by atoms with Crippen LogP contribution in [0.15, 0.2) is 18.2 Å². The Labute approximate surface area is 114 Å². The summed E-state index contributed by atoms with van der Waals surface area (Å²) in [6, 6.07) is 5.53. The molecule has 19 heavy (non-hydrogen) atoms. The van der Waals surface area contributed by atoms with E-state index in [-0.39, 0.29) is 11.6 Å². The Morgan fingerprint density at radius 3 is 2.95 bits per heavy atom. The second kappa shape index (κ2) is 6.21. The Balaban J connectivity index is 2.02. The van der Waals surface area contributed by atoms with Gasteiger partial charge >= 0.3 is 0 Å². The summed E-state index contributed by atoms with van der Waals surface area (Å²) < 4.78 is 18.6. The van der Waals surface area contributed by atoms with Crippen molar-refractivity contribution in [2.45, 2.75) is 6.04 Å². The standard InChI is InChI=1S/C14H22FN3O/c1-17-7-6-16-9-12(17)10-18(2)11-4-5-14(19-3)13(15)8-11/h4-5,8,12,16H,6-7,9-10H2,1-3H3. The predicted molar refractivity (Wildman–Crippen MR) is 75.5 cm³/mol. The molecule has 1 aromatic rings. The number of anilines is 1. The number of nitrogens with one attached hydrogen (secondary N) is 1. The van der Waals surface area contributed by atoms with Crippen molar-refractivity contribution in [3.05, 3.63) is 24.0 Å². The van der Waals surface area contributed by atoms with E-state index in [0.29, 0.717) is 6.04 Å². The van der Waals surface area contributed by atoms with E-state index >= 15 is 0 Å². The molecule has 0 spiro atoms. The topological polar surface area (TPSA) is 27.7 Å². The fraction of sp³-hybridized carbons (Fsp3) is 0.571. The third kappa shape index (κ3) is 3.36. The first-order valence-corrected chi connectivity index (χ1v) is 6.57. The van der Waals surface area contributed by atoms with Crippen LogP contribution in [0.2, 0.25) is 0 Å². The van der Waals surface area contributed by atoms with Crippen LogP contribution >= 0.6 is 0 Å². The molecule has 1 heterocycles. The average Bonchev–Trinajstić information content (AvgIpc) is 2.41. The van der Waals surface area contributed by atoms with E-state index in [1.165, 1.54) is 13.2 Å². The van der Waals surface area contributed by atoms with Gasteiger partial charge in [-0.3, -0.25) is 4.90 Å². The van der Waals surface area contributed by atoms with Crippen molar-refractivity contribution >= 4 is 5.69 Å². The molecular formula is C14H22FN3O. The van der Waals surface area contributed by atoms with E-state index in [4.69, 9.17) is 4.74 Å². The number of nitrogens with zero attached hydrogens (tertiary/aromatic N) is 2. The van der Waals surface area contributed by atoms with Crippen LogP contribution in [0, 0.1) is 5.82 Å². The summed E-state index contributed by atoms with van der Waals surface area (Å²) in [6.07, 6.45) is 0. The molecule has 1 unspecified atom stereocenters. The maximum atomic E-state index is 13.7. The van der Waals surface area contributed by atoms with Crippen LogP contribution < -0.4 is 15.0 Å². The number of ether oxygens (including phenoxy) is 1. The molecule has 0 aliphatic carbocycles. The van der Waals surface area contributed by atoms with E-state index in [2.05, 4.69) is 22.2 Å². The van der Waals surface area contributed by atoms with Crippen molar-refractivity contribution in [2.75, 3.05) is 52.3 Å². The number of hydrogen-bond acceptors (Lipinski definition) is 4. The van der Waals surface area contributed by atoms with Crippen LogP contribution in [0.4, 0.5) is 10.1 Å². The number of halogens is 1. The smallest absolute Gasteiger partial charge is 0.167 e. The number of piperazine rings is 1. The van der Waals surface area contributed by atoms with Crippen molar-refractivity contribution in [3.63, 3.8) is 0 Å². The summed E-state index contributed by atoms with van der Waals surface area (Å²) in [6.45, 7) is 3.93. The van der Waals surface area contributed by atoms with E-state index < -0.39 is 0 Å². The predicted octanol–water partition coefficient (Wildman–Crippen LogP) is 1.17. The maximum absolute atomic E-state index is 13.7. The first-order chi connectivity index (χ1) is 9.11. The number of benzene rings is 1. The zero-order valence-corrected chi connectivity index (χ0v) is 11.8. The van der Waals surface area contributed by atoms with Crippen LogP contribution in [0.25, 0.3) is 0 Å². The molecule has 106 valence electrons. The molecule has 1 aliphatic rings.